The third kappa shape index (κ3) is 3.68. The van der Waals surface area contributed by atoms with Gasteiger partial charge in [0.05, 0.1) is 34.6 Å². The number of furan rings is 1. The van der Waals surface area contributed by atoms with Gasteiger partial charge in [0, 0.05) is 12.7 Å². The molecule has 0 fully saturated rings. The molecular formula is C17H20BrN5O2. The molecule has 25 heavy (non-hydrogen) atoms. The Morgan fingerprint density at radius 3 is 2.64 bits per heavy atom. The maximum Gasteiger partial charge on any atom is 0.287 e. The zero-order valence-electron chi connectivity index (χ0n) is 14.6. The molecule has 0 bridgehead atoms. The average Bonchev–Trinajstić information content (AvgIpc) is 3.23. The van der Waals surface area contributed by atoms with Gasteiger partial charge >= 0.3 is 0 Å². The largest absolute Gasteiger partial charge is 0.454 e. The zero-order chi connectivity index (χ0) is 18.1. The van der Waals surface area contributed by atoms with E-state index in [1.165, 1.54) is 0 Å². The van der Waals surface area contributed by atoms with E-state index < -0.39 is 0 Å². The minimum Gasteiger partial charge on any atom is -0.454 e. The molecule has 0 aliphatic heterocycles. The summed E-state index contributed by atoms with van der Waals surface area (Å²) in [5, 5.41) is 11.6. The molecule has 3 aromatic rings. The molecule has 7 nitrogen and oxygen atoms in total. The molecule has 0 saturated heterocycles. The number of carbonyl (C=O) groups excluding carboxylic acids is 1. The van der Waals surface area contributed by atoms with E-state index in [1.54, 1.807) is 16.8 Å². The van der Waals surface area contributed by atoms with Crippen LogP contribution in [0.2, 0.25) is 0 Å². The Hall–Kier alpha value is -2.35. The Morgan fingerprint density at radius 2 is 2.04 bits per heavy atom. The van der Waals surface area contributed by atoms with E-state index in [0.29, 0.717) is 18.8 Å². The molecule has 3 rings (SSSR count). The molecule has 0 radical (unpaired) electrons. The predicted molar refractivity (Wildman–Crippen MR) is 96.3 cm³/mol. The number of halogens is 1. The van der Waals surface area contributed by atoms with Gasteiger partial charge < -0.3 is 9.73 Å². The highest BCUT2D eigenvalue weighted by molar-refractivity contribution is 9.10. The smallest absolute Gasteiger partial charge is 0.287 e. The molecule has 0 atom stereocenters. The van der Waals surface area contributed by atoms with Gasteiger partial charge in [-0.3, -0.25) is 14.2 Å². The topological polar surface area (TPSA) is 77.9 Å². The van der Waals surface area contributed by atoms with Crippen molar-refractivity contribution in [2.75, 3.05) is 0 Å². The standard InChI is InChI=1S/C17H20BrN5O2/c1-10-7-13(21-22(10)4)8-19-17(24)15-6-5-14(25-15)9-23-12(3)16(18)11(2)20-23/h5-7H,8-9H2,1-4H3,(H,19,24). The van der Waals surface area contributed by atoms with Crippen LogP contribution in [0.25, 0.3) is 0 Å². The van der Waals surface area contributed by atoms with Crippen molar-refractivity contribution in [3.05, 3.63) is 57.0 Å². The second kappa shape index (κ2) is 6.87. The number of hydrogen-bond donors (Lipinski definition) is 1. The molecule has 3 heterocycles. The maximum absolute atomic E-state index is 12.2. The fourth-order valence-corrected chi connectivity index (χ4v) is 2.82. The van der Waals surface area contributed by atoms with Gasteiger partial charge in [-0.2, -0.15) is 10.2 Å². The quantitative estimate of drug-likeness (QED) is 0.707. The van der Waals surface area contributed by atoms with E-state index in [9.17, 15) is 4.79 Å². The molecule has 132 valence electrons. The molecule has 0 aromatic carbocycles. The molecular weight excluding hydrogens is 386 g/mol. The fraction of sp³-hybridized carbons (Fsp3) is 0.353. The summed E-state index contributed by atoms with van der Waals surface area (Å²) in [5.41, 5.74) is 3.80. The lowest BCUT2D eigenvalue weighted by Gasteiger charge is -2.02. The van der Waals surface area contributed by atoms with Crippen LogP contribution in [0.5, 0.6) is 0 Å². The van der Waals surface area contributed by atoms with Crippen molar-refractivity contribution in [3.8, 4) is 0 Å². The van der Waals surface area contributed by atoms with Crippen LogP contribution in [-0.2, 0) is 20.1 Å². The molecule has 1 N–H and O–H groups in total. The van der Waals surface area contributed by atoms with Crippen LogP contribution in [0.1, 0.15) is 39.1 Å². The van der Waals surface area contributed by atoms with Gasteiger partial charge in [-0.1, -0.05) is 0 Å². The van der Waals surface area contributed by atoms with E-state index in [1.807, 2.05) is 38.6 Å². The van der Waals surface area contributed by atoms with Gasteiger partial charge in [0.1, 0.15) is 5.76 Å². The van der Waals surface area contributed by atoms with Crippen LogP contribution in [0, 0.1) is 20.8 Å². The summed E-state index contributed by atoms with van der Waals surface area (Å²) in [6, 6.07) is 5.41. The molecule has 0 saturated carbocycles. The third-order valence-electron chi connectivity index (χ3n) is 4.08. The first-order valence-electron chi connectivity index (χ1n) is 7.91. The number of amides is 1. The third-order valence-corrected chi connectivity index (χ3v) is 5.23. The van der Waals surface area contributed by atoms with Crippen LogP contribution in [-0.4, -0.2) is 25.5 Å². The van der Waals surface area contributed by atoms with Crippen LogP contribution < -0.4 is 5.32 Å². The summed E-state index contributed by atoms with van der Waals surface area (Å²) in [4.78, 5) is 12.2. The summed E-state index contributed by atoms with van der Waals surface area (Å²) in [6.45, 7) is 6.73. The zero-order valence-corrected chi connectivity index (χ0v) is 16.2. The van der Waals surface area contributed by atoms with Crippen molar-refractivity contribution < 1.29 is 9.21 Å². The Balaban J connectivity index is 1.64. The van der Waals surface area contributed by atoms with Crippen molar-refractivity contribution in [1.82, 2.24) is 24.9 Å². The second-order valence-corrected chi connectivity index (χ2v) is 6.78. The highest BCUT2D eigenvalue weighted by Gasteiger charge is 2.14. The number of rotatable bonds is 5. The first-order valence-corrected chi connectivity index (χ1v) is 8.70. The van der Waals surface area contributed by atoms with Gasteiger partial charge in [0.15, 0.2) is 5.76 Å². The Kier molecular flexibility index (Phi) is 4.80. The summed E-state index contributed by atoms with van der Waals surface area (Å²) >= 11 is 3.51. The fourth-order valence-electron chi connectivity index (χ4n) is 2.54. The molecule has 8 heteroatoms. The maximum atomic E-state index is 12.2. The van der Waals surface area contributed by atoms with E-state index in [0.717, 1.165) is 27.2 Å². The SMILES string of the molecule is Cc1nn(Cc2ccc(C(=O)NCc3cc(C)n(C)n3)o2)c(C)c1Br. The van der Waals surface area contributed by atoms with E-state index in [-0.39, 0.29) is 11.7 Å². The highest BCUT2D eigenvalue weighted by atomic mass is 79.9. The number of aromatic nitrogens is 4. The summed E-state index contributed by atoms with van der Waals surface area (Å²) in [5.74, 6) is 0.698. The van der Waals surface area contributed by atoms with Gasteiger partial charge in [-0.25, -0.2) is 0 Å². The van der Waals surface area contributed by atoms with Crippen LogP contribution in [0.15, 0.2) is 27.1 Å². The number of carbonyl (C=O) groups is 1. The van der Waals surface area contributed by atoms with Crippen LogP contribution in [0.4, 0.5) is 0 Å². The van der Waals surface area contributed by atoms with Crippen LogP contribution >= 0.6 is 15.9 Å². The molecule has 0 aliphatic rings. The lowest BCUT2D eigenvalue weighted by Crippen LogP contribution is -2.22. The predicted octanol–water partition coefficient (Wildman–Crippen LogP) is 2.88. The molecule has 0 spiro atoms. The summed E-state index contributed by atoms with van der Waals surface area (Å²) in [7, 11) is 1.87. The van der Waals surface area contributed by atoms with Crippen molar-refractivity contribution >= 4 is 21.8 Å². The van der Waals surface area contributed by atoms with E-state index in [2.05, 4.69) is 31.4 Å². The minimum atomic E-state index is -0.260. The van der Waals surface area contributed by atoms with Crippen molar-refractivity contribution in [2.24, 2.45) is 7.05 Å². The minimum absolute atomic E-state index is 0.260. The lowest BCUT2D eigenvalue weighted by atomic mass is 10.3. The number of nitrogens with one attached hydrogen (secondary N) is 1. The lowest BCUT2D eigenvalue weighted by molar-refractivity contribution is 0.0920. The molecule has 3 aromatic heterocycles. The van der Waals surface area contributed by atoms with Crippen molar-refractivity contribution in [2.45, 2.75) is 33.9 Å². The van der Waals surface area contributed by atoms with E-state index >= 15 is 0 Å². The highest BCUT2D eigenvalue weighted by Crippen LogP contribution is 2.21. The van der Waals surface area contributed by atoms with Gasteiger partial charge in [-0.05, 0) is 54.9 Å². The van der Waals surface area contributed by atoms with Crippen molar-refractivity contribution in [1.29, 1.82) is 0 Å². The van der Waals surface area contributed by atoms with Crippen molar-refractivity contribution in [3.63, 3.8) is 0 Å². The van der Waals surface area contributed by atoms with Crippen LogP contribution in [0.3, 0.4) is 0 Å². The second-order valence-electron chi connectivity index (χ2n) is 5.99. The Labute approximate surface area is 154 Å². The average molecular weight is 406 g/mol. The molecule has 0 unspecified atom stereocenters. The summed E-state index contributed by atoms with van der Waals surface area (Å²) < 4.78 is 10.3. The monoisotopic (exact) mass is 405 g/mol. The number of hydrogen-bond acceptors (Lipinski definition) is 4. The number of aryl methyl sites for hydroxylation is 3. The summed E-state index contributed by atoms with van der Waals surface area (Å²) in [6.07, 6.45) is 0. The van der Waals surface area contributed by atoms with Gasteiger partial charge in [0.2, 0.25) is 0 Å². The molecule has 1 amide bonds. The van der Waals surface area contributed by atoms with Gasteiger partial charge in [-0.15, -0.1) is 0 Å². The molecule has 0 aliphatic carbocycles. The normalized spacial score (nSPS) is 11.1. The Morgan fingerprint density at radius 1 is 1.28 bits per heavy atom. The van der Waals surface area contributed by atoms with Gasteiger partial charge in [0.25, 0.3) is 5.91 Å². The first-order chi connectivity index (χ1) is 11.8. The van der Waals surface area contributed by atoms with E-state index in [4.69, 9.17) is 4.42 Å². The Bertz CT molecular complexity index is 902. The number of nitrogens with zero attached hydrogens (tertiary/aromatic N) is 4. The first kappa shape index (κ1) is 17.5.